The lowest BCUT2D eigenvalue weighted by molar-refractivity contribution is -0.138. The molecule has 0 saturated carbocycles. The Morgan fingerprint density at radius 1 is 0.375 bits per heavy atom. The topological polar surface area (TPSA) is 74.6 Å². The highest BCUT2D eigenvalue weighted by Crippen LogP contribution is 2.11. The Bertz CT molecular complexity index is 517. The van der Waals surface area contributed by atoms with Gasteiger partial charge >= 0.3 is 11.9 Å². The average molecular weight is 565 g/mol. The first-order valence-electron chi connectivity index (χ1n) is 17.3. The van der Waals surface area contributed by atoms with E-state index in [1.54, 1.807) is 0 Å². The van der Waals surface area contributed by atoms with Crippen LogP contribution in [0.3, 0.4) is 0 Å². The van der Waals surface area contributed by atoms with E-state index in [9.17, 15) is 9.59 Å². The van der Waals surface area contributed by atoms with Crippen LogP contribution in [0.4, 0.5) is 0 Å². The van der Waals surface area contributed by atoms with Crippen LogP contribution in [0.2, 0.25) is 0 Å². The lowest BCUT2D eigenvalue weighted by Gasteiger charge is -1.99. The Labute approximate surface area is 249 Å². The molecule has 0 aromatic carbocycles. The largest absolute Gasteiger partial charge is 0.481 e. The van der Waals surface area contributed by atoms with Crippen molar-refractivity contribution in [2.45, 2.75) is 194 Å². The van der Waals surface area contributed by atoms with E-state index in [-0.39, 0.29) is 0 Å². The molecular formula is C36H68O4. The predicted octanol–water partition coefficient (Wildman–Crippen LogP) is 12.2. The minimum absolute atomic E-state index is 0.332. The number of rotatable bonds is 30. The smallest absolute Gasteiger partial charge is 0.303 e. The van der Waals surface area contributed by atoms with E-state index in [0.717, 1.165) is 25.7 Å². The molecule has 236 valence electrons. The van der Waals surface area contributed by atoms with Crippen molar-refractivity contribution in [1.82, 2.24) is 0 Å². The molecule has 0 heterocycles. The Hall–Kier alpha value is -1.58. The van der Waals surface area contributed by atoms with Gasteiger partial charge in [-0.2, -0.15) is 0 Å². The molecule has 0 saturated heterocycles. The van der Waals surface area contributed by atoms with Crippen LogP contribution in [0.25, 0.3) is 0 Å². The third kappa shape index (κ3) is 43.5. The summed E-state index contributed by atoms with van der Waals surface area (Å²) in [7, 11) is 0. The van der Waals surface area contributed by atoms with Gasteiger partial charge in [0, 0.05) is 12.8 Å². The highest BCUT2D eigenvalue weighted by Gasteiger charge is 1.97. The zero-order valence-corrected chi connectivity index (χ0v) is 26.8. The van der Waals surface area contributed by atoms with Gasteiger partial charge < -0.3 is 10.2 Å². The molecular weight excluding hydrogens is 496 g/mol. The van der Waals surface area contributed by atoms with E-state index >= 15 is 0 Å². The summed E-state index contributed by atoms with van der Waals surface area (Å²) < 4.78 is 0. The molecule has 0 aliphatic carbocycles. The summed E-state index contributed by atoms with van der Waals surface area (Å²) in [6, 6.07) is 0. The van der Waals surface area contributed by atoms with E-state index in [1.165, 1.54) is 141 Å². The summed E-state index contributed by atoms with van der Waals surface area (Å²) in [5.41, 5.74) is 0. The van der Waals surface area contributed by atoms with Crippen LogP contribution in [0.5, 0.6) is 0 Å². The molecule has 0 aromatic rings. The number of hydrogen-bond acceptors (Lipinski definition) is 2. The van der Waals surface area contributed by atoms with Gasteiger partial charge in [0.15, 0.2) is 0 Å². The van der Waals surface area contributed by atoms with E-state index in [2.05, 4.69) is 38.2 Å². The van der Waals surface area contributed by atoms with Crippen molar-refractivity contribution in [3.8, 4) is 0 Å². The minimum Gasteiger partial charge on any atom is -0.481 e. The molecule has 0 aliphatic rings. The van der Waals surface area contributed by atoms with Crippen LogP contribution < -0.4 is 0 Å². The average Bonchev–Trinajstić information content (AvgIpc) is 2.93. The standard InChI is InChI=1S/2C18H34O2/c2*1-2-3-4-5-6-7-8-9-10-11-12-13-14-15-16-17-18(19)20/h2*9-10H,2-8,11-17H2,1H3,(H,19,20). The molecule has 4 nitrogen and oxygen atoms in total. The molecule has 2 N–H and O–H groups in total. The zero-order chi connectivity index (χ0) is 29.8. The highest BCUT2D eigenvalue weighted by molar-refractivity contribution is 5.66. The molecule has 0 radical (unpaired) electrons. The molecule has 0 amide bonds. The van der Waals surface area contributed by atoms with E-state index in [0.29, 0.717) is 12.8 Å². The fourth-order valence-corrected chi connectivity index (χ4v) is 4.69. The van der Waals surface area contributed by atoms with Crippen molar-refractivity contribution in [2.24, 2.45) is 0 Å². The maximum atomic E-state index is 10.3. The summed E-state index contributed by atoms with van der Waals surface area (Å²) in [5.74, 6) is -1.33. The van der Waals surface area contributed by atoms with Gasteiger partial charge in [-0.25, -0.2) is 0 Å². The third-order valence-corrected chi connectivity index (χ3v) is 7.30. The van der Waals surface area contributed by atoms with Crippen molar-refractivity contribution in [3.63, 3.8) is 0 Å². The second-order valence-electron chi connectivity index (χ2n) is 11.5. The molecule has 0 fully saturated rings. The highest BCUT2D eigenvalue weighted by atomic mass is 16.4. The van der Waals surface area contributed by atoms with Crippen molar-refractivity contribution in [3.05, 3.63) is 24.3 Å². The summed E-state index contributed by atoms with van der Waals surface area (Å²) in [6.07, 6.45) is 42.5. The van der Waals surface area contributed by atoms with Gasteiger partial charge in [-0.1, -0.05) is 141 Å². The number of carboxylic acid groups (broad SMARTS) is 2. The van der Waals surface area contributed by atoms with Crippen LogP contribution in [0, 0.1) is 0 Å². The zero-order valence-electron chi connectivity index (χ0n) is 26.8. The van der Waals surface area contributed by atoms with E-state index in [4.69, 9.17) is 10.2 Å². The maximum absolute atomic E-state index is 10.3. The fourth-order valence-electron chi connectivity index (χ4n) is 4.69. The quantitative estimate of drug-likeness (QED) is 0.0672. The van der Waals surface area contributed by atoms with Gasteiger partial charge in [0.2, 0.25) is 0 Å². The van der Waals surface area contributed by atoms with Crippen LogP contribution in [-0.4, -0.2) is 22.2 Å². The predicted molar refractivity (Wildman–Crippen MR) is 174 cm³/mol. The molecule has 4 heteroatoms. The van der Waals surface area contributed by atoms with Gasteiger partial charge in [-0.05, 0) is 64.2 Å². The van der Waals surface area contributed by atoms with Gasteiger partial charge in [-0.3, -0.25) is 9.59 Å². The lowest BCUT2D eigenvalue weighted by Crippen LogP contribution is -1.93. The van der Waals surface area contributed by atoms with Gasteiger partial charge in [0.1, 0.15) is 0 Å². The van der Waals surface area contributed by atoms with Gasteiger partial charge in [0.25, 0.3) is 0 Å². The van der Waals surface area contributed by atoms with Crippen molar-refractivity contribution in [2.75, 3.05) is 0 Å². The fraction of sp³-hybridized carbons (Fsp3) is 0.833. The maximum Gasteiger partial charge on any atom is 0.303 e. The first-order chi connectivity index (χ1) is 19.5. The van der Waals surface area contributed by atoms with Crippen LogP contribution in [0.1, 0.15) is 194 Å². The second kappa shape index (κ2) is 37.4. The molecule has 0 rings (SSSR count). The van der Waals surface area contributed by atoms with Crippen LogP contribution >= 0.6 is 0 Å². The minimum atomic E-state index is -0.664. The van der Waals surface area contributed by atoms with Crippen LogP contribution in [0.15, 0.2) is 24.3 Å². The van der Waals surface area contributed by atoms with Gasteiger partial charge in [-0.15, -0.1) is 0 Å². The summed E-state index contributed by atoms with van der Waals surface area (Å²) in [6.45, 7) is 4.52. The first-order valence-corrected chi connectivity index (χ1v) is 17.3. The van der Waals surface area contributed by atoms with Crippen molar-refractivity contribution < 1.29 is 19.8 Å². The number of hydrogen-bond donors (Lipinski definition) is 2. The molecule has 0 spiro atoms. The van der Waals surface area contributed by atoms with Crippen molar-refractivity contribution >= 4 is 11.9 Å². The van der Waals surface area contributed by atoms with Crippen LogP contribution in [-0.2, 0) is 9.59 Å². The molecule has 0 aliphatic heterocycles. The Morgan fingerprint density at radius 2 is 0.600 bits per heavy atom. The summed E-state index contributed by atoms with van der Waals surface area (Å²) in [4.78, 5) is 20.6. The monoisotopic (exact) mass is 565 g/mol. The number of aliphatic carboxylic acids is 2. The van der Waals surface area contributed by atoms with E-state index < -0.39 is 11.9 Å². The molecule has 40 heavy (non-hydrogen) atoms. The number of allylic oxidation sites excluding steroid dienone is 4. The molecule has 0 bridgehead atoms. The third-order valence-electron chi connectivity index (χ3n) is 7.30. The first kappa shape index (κ1) is 40.6. The van der Waals surface area contributed by atoms with Gasteiger partial charge in [0.05, 0.1) is 0 Å². The number of carbonyl (C=O) groups is 2. The lowest BCUT2D eigenvalue weighted by atomic mass is 10.1. The molecule has 0 unspecified atom stereocenters. The number of carboxylic acids is 2. The summed E-state index contributed by atoms with van der Waals surface area (Å²) >= 11 is 0. The Morgan fingerprint density at radius 3 is 0.850 bits per heavy atom. The SMILES string of the molecule is CCCCCCCCC=CCCCCCCCC(=O)O.CCCCCCCCC=CCCCCCCCC(=O)O. The molecule has 0 atom stereocenters. The Kier molecular flexibility index (Phi) is 37.9. The summed E-state index contributed by atoms with van der Waals surface area (Å²) in [5, 5.41) is 17.0. The number of unbranched alkanes of at least 4 members (excludes halogenated alkanes) is 22. The Balaban J connectivity index is 0. The van der Waals surface area contributed by atoms with E-state index in [1.807, 2.05) is 0 Å². The van der Waals surface area contributed by atoms with Crippen molar-refractivity contribution in [1.29, 1.82) is 0 Å². The normalized spacial score (nSPS) is 11.2. The molecule has 0 aromatic heterocycles. The second-order valence-corrected chi connectivity index (χ2v) is 11.5.